The lowest BCUT2D eigenvalue weighted by Crippen LogP contribution is -2.66. The van der Waals surface area contributed by atoms with E-state index in [0.29, 0.717) is 29.6 Å². The lowest BCUT2D eigenvalue weighted by Gasteiger charge is -2.60. The van der Waals surface area contributed by atoms with Crippen molar-refractivity contribution < 1.29 is 19.1 Å². The summed E-state index contributed by atoms with van der Waals surface area (Å²) in [5, 5.41) is 15.2. The van der Waals surface area contributed by atoms with Crippen molar-refractivity contribution >= 4 is 16.9 Å². The third kappa shape index (κ3) is 3.10. The lowest BCUT2D eigenvalue weighted by molar-refractivity contribution is -0.153. The molecule has 1 heterocycles. The van der Waals surface area contributed by atoms with Gasteiger partial charge in [-0.05, 0) is 101 Å². The summed E-state index contributed by atoms with van der Waals surface area (Å²) >= 11 is 0. The second-order valence-electron chi connectivity index (χ2n) is 11.0. The van der Waals surface area contributed by atoms with Crippen LogP contribution in [0.5, 0.6) is 5.75 Å². The molecule has 1 aromatic heterocycles. The van der Waals surface area contributed by atoms with E-state index in [-0.39, 0.29) is 17.1 Å². The molecule has 32 heavy (non-hydrogen) atoms. The fraction of sp³-hybridized carbons (Fsp3) is 0.615. The van der Waals surface area contributed by atoms with Gasteiger partial charge in [0.2, 0.25) is 0 Å². The highest BCUT2D eigenvalue weighted by atomic mass is 16.5. The molecule has 2 aromatic rings. The molecule has 0 spiro atoms. The summed E-state index contributed by atoms with van der Waals surface area (Å²) in [7, 11) is 0. The number of benzene rings is 1. The Bertz CT molecular complexity index is 1170. The Morgan fingerprint density at radius 3 is 2.62 bits per heavy atom. The van der Waals surface area contributed by atoms with Crippen LogP contribution in [0.3, 0.4) is 0 Å². The molecule has 0 radical (unpaired) electrons. The van der Waals surface area contributed by atoms with Crippen molar-refractivity contribution in [1.29, 1.82) is 0 Å². The maximum Gasteiger partial charge on any atom is 0.339 e. The summed E-state index contributed by atoms with van der Waals surface area (Å²) in [6.07, 6.45) is 7.45. The van der Waals surface area contributed by atoms with Crippen molar-refractivity contribution in [3.05, 3.63) is 39.2 Å². The van der Waals surface area contributed by atoms with Crippen LogP contribution in [-0.2, 0) is 17.6 Å². The second kappa shape index (κ2) is 6.83. The fourth-order valence-electron chi connectivity index (χ4n) is 7.56. The van der Waals surface area contributed by atoms with Gasteiger partial charge in [0.15, 0.2) is 6.10 Å². The van der Waals surface area contributed by atoms with Gasteiger partial charge in [0.25, 0.3) is 5.91 Å². The van der Waals surface area contributed by atoms with Crippen LogP contribution >= 0.6 is 0 Å². The minimum absolute atomic E-state index is 0.148. The van der Waals surface area contributed by atoms with Gasteiger partial charge in [0.1, 0.15) is 11.3 Å². The Kier molecular flexibility index (Phi) is 4.33. The molecule has 6 heteroatoms. The maximum atomic E-state index is 13.1. The first-order chi connectivity index (χ1) is 15.2. The summed E-state index contributed by atoms with van der Waals surface area (Å²) in [4.78, 5) is 25.5. The standard InChI is InChI=1S/C26H31NO5/c1-14-21(7-6-19-18-4-3-5-20(18)24(29)32-22(14)19)31-15(2)23(28)27-25-9-16-8-17(10-25)12-26(30,11-16)13-25/h6-7,15-17,30H,3-5,8-13H2,1-2H3,(H,27,28). The Morgan fingerprint density at radius 2 is 1.91 bits per heavy atom. The Morgan fingerprint density at radius 1 is 1.19 bits per heavy atom. The van der Waals surface area contributed by atoms with Crippen molar-refractivity contribution in [3.8, 4) is 5.75 Å². The van der Waals surface area contributed by atoms with E-state index in [9.17, 15) is 14.7 Å². The third-order valence-corrected chi connectivity index (χ3v) is 8.43. The van der Waals surface area contributed by atoms with Crippen LogP contribution in [-0.4, -0.2) is 28.3 Å². The van der Waals surface area contributed by atoms with Gasteiger partial charge in [0.05, 0.1) is 5.60 Å². The topological polar surface area (TPSA) is 88.8 Å². The zero-order valence-corrected chi connectivity index (χ0v) is 18.8. The van der Waals surface area contributed by atoms with Crippen LogP contribution < -0.4 is 15.7 Å². The average Bonchev–Trinajstić information content (AvgIpc) is 3.19. The fourth-order valence-corrected chi connectivity index (χ4v) is 7.56. The van der Waals surface area contributed by atoms with Crippen LogP contribution in [0.15, 0.2) is 21.3 Å². The second-order valence-corrected chi connectivity index (χ2v) is 11.0. The van der Waals surface area contributed by atoms with E-state index in [1.807, 2.05) is 19.1 Å². The molecule has 4 saturated carbocycles. The molecule has 4 fully saturated rings. The molecule has 0 saturated heterocycles. The van der Waals surface area contributed by atoms with Crippen molar-refractivity contribution in [2.45, 2.75) is 88.9 Å². The number of carbonyl (C=O) groups excluding carboxylic acids is 1. The van der Waals surface area contributed by atoms with E-state index in [1.54, 1.807) is 6.92 Å². The quantitative estimate of drug-likeness (QED) is 0.714. The van der Waals surface area contributed by atoms with Crippen LogP contribution in [0, 0.1) is 18.8 Å². The van der Waals surface area contributed by atoms with Crippen LogP contribution in [0.25, 0.3) is 11.0 Å². The maximum absolute atomic E-state index is 13.1. The summed E-state index contributed by atoms with van der Waals surface area (Å²) in [5.41, 5.74) is 2.03. The molecule has 0 aliphatic heterocycles. The van der Waals surface area contributed by atoms with Gasteiger partial charge < -0.3 is 19.6 Å². The Labute approximate surface area is 187 Å². The number of carbonyl (C=O) groups is 1. The number of hydrogen-bond acceptors (Lipinski definition) is 5. The number of fused-ring (bicyclic) bond motifs is 3. The van der Waals surface area contributed by atoms with Gasteiger partial charge in [0, 0.05) is 22.1 Å². The lowest BCUT2D eigenvalue weighted by atomic mass is 9.51. The predicted octanol–water partition coefficient (Wildman–Crippen LogP) is 3.56. The van der Waals surface area contributed by atoms with Gasteiger partial charge in [-0.15, -0.1) is 0 Å². The largest absolute Gasteiger partial charge is 0.480 e. The SMILES string of the molecule is Cc1c(OC(C)C(=O)NC23CC4CC(CC(O)(C4)C2)C3)ccc2c3c(c(=O)oc12)CCC3. The van der Waals surface area contributed by atoms with Gasteiger partial charge >= 0.3 is 5.63 Å². The van der Waals surface area contributed by atoms with E-state index in [2.05, 4.69) is 5.32 Å². The molecule has 1 amide bonds. The molecule has 3 atom stereocenters. The van der Waals surface area contributed by atoms with E-state index in [4.69, 9.17) is 9.15 Å². The summed E-state index contributed by atoms with van der Waals surface area (Å²) in [6.45, 7) is 3.63. The van der Waals surface area contributed by atoms with Gasteiger partial charge in [-0.2, -0.15) is 0 Å². The zero-order chi connectivity index (χ0) is 22.3. The van der Waals surface area contributed by atoms with Gasteiger partial charge in [-0.3, -0.25) is 4.79 Å². The highest BCUT2D eigenvalue weighted by molar-refractivity contribution is 5.87. The number of ether oxygens (including phenoxy) is 1. The number of aryl methyl sites for hydroxylation is 2. The van der Waals surface area contributed by atoms with Crippen molar-refractivity contribution in [2.75, 3.05) is 0 Å². The van der Waals surface area contributed by atoms with Crippen molar-refractivity contribution in [3.63, 3.8) is 0 Å². The molecule has 1 aromatic carbocycles. The summed E-state index contributed by atoms with van der Waals surface area (Å²) in [5.74, 6) is 1.42. The summed E-state index contributed by atoms with van der Waals surface area (Å²) < 4.78 is 11.7. The first-order valence-corrected chi connectivity index (χ1v) is 12.0. The molecule has 4 bridgehead atoms. The molecule has 3 unspecified atom stereocenters. The Balaban J connectivity index is 1.23. The molecule has 170 valence electrons. The highest BCUT2D eigenvalue weighted by Gasteiger charge is 2.57. The van der Waals surface area contributed by atoms with Gasteiger partial charge in [-0.25, -0.2) is 4.79 Å². The molecule has 2 N–H and O–H groups in total. The van der Waals surface area contributed by atoms with Crippen LogP contribution in [0.2, 0.25) is 0 Å². The normalized spacial score (nSPS) is 33.3. The third-order valence-electron chi connectivity index (χ3n) is 8.43. The number of nitrogens with one attached hydrogen (secondary N) is 1. The molecule has 7 rings (SSSR count). The summed E-state index contributed by atoms with van der Waals surface area (Å²) in [6, 6.07) is 3.83. The van der Waals surface area contributed by atoms with Crippen LogP contribution in [0.4, 0.5) is 0 Å². The number of aliphatic hydroxyl groups is 1. The average molecular weight is 438 g/mol. The molecule has 6 nitrogen and oxygen atoms in total. The van der Waals surface area contributed by atoms with E-state index < -0.39 is 11.7 Å². The van der Waals surface area contributed by atoms with E-state index in [1.165, 1.54) is 6.42 Å². The van der Waals surface area contributed by atoms with Crippen LogP contribution in [0.1, 0.15) is 68.6 Å². The highest BCUT2D eigenvalue weighted by Crippen LogP contribution is 2.57. The zero-order valence-electron chi connectivity index (χ0n) is 18.8. The first kappa shape index (κ1) is 20.3. The van der Waals surface area contributed by atoms with E-state index >= 15 is 0 Å². The number of rotatable bonds is 4. The monoisotopic (exact) mass is 437 g/mol. The Hall–Kier alpha value is -2.34. The molecular formula is C26H31NO5. The molecule has 5 aliphatic carbocycles. The first-order valence-electron chi connectivity index (χ1n) is 12.0. The smallest absolute Gasteiger partial charge is 0.339 e. The predicted molar refractivity (Wildman–Crippen MR) is 120 cm³/mol. The minimum Gasteiger partial charge on any atom is -0.480 e. The van der Waals surface area contributed by atoms with Crippen molar-refractivity contribution in [2.24, 2.45) is 11.8 Å². The van der Waals surface area contributed by atoms with Gasteiger partial charge in [-0.1, -0.05) is 0 Å². The molecule has 5 aliphatic rings. The minimum atomic E-state index is -0.685. The number of hydrogen-bond donors (Lipinski definition) is 2. The van der Waals surface area contributed by atoms with E-state index in [0.717, 1.165) is 67.0 Å². The van der Waals surface area contributed by atoms with Crippen molar-refractivity contribution in [1.82, 2.24) is 5.32 Å². The molecular weight excluding hydrogens is 406 g/mol. The number of amides is 1.